The average Bonchev–Trinajstić information content (AvgIpc) is 2.61. The molecule has 1 rings (SSSR count). The molecule has 1 N–H and O–H groups in total. The van der Waals surface area contributed by atoms with Crippen molar-refractivity contribution >= 4 is 23.5 Å². The van der Waals surface area contributed by atoms with Crippen LogP contribution < -0.4 is 0 Å². The van der Waals surface area contributed by atoms with Crippen molar-refractivity contribution in [1.82, 2.24) is 4.90 Å². The van der Waals surface area contributed by atoms with Crippen LogP contribution in [0, 0.1) is 0 Å². The Morgan fingerprint density at radius 3 is 2.69 bits per heavy atom. The molecule has 5 nitrogen and oxygen atoms in total. The van der Waals surface area contributed by atoms with E-state index in [1.165, 1.54) is 24.3 Å². The van der Waals surface area contributed by atoms with Gasteiger partial charge >= 0.3 is 5.97 Å². The maximum Gasteiger partial charge on any atom is 0.305 e. The van der Waals surface area contributed by atoms with Crippen LogP contribution in [0.25, 0.3) is 0 Å². The summed E-state index contributed by atoms with van der Waals surface area (Å²) in [5.74, 6) is -1.36. The van der Waals surface area contributed by atoms with E-state index in [1.54, 1.807) is 6.92 Å². The third kappa shape index (κ3) is 2.76. The Bertz CT molecular complexity index is 401. The van der Waals surface area contributed by atoms with E-state index in [9.17, 15) is 9.59 Å². The zero-order valence-corrected chi connectivity index (χ0v) is 9.69. The number of amides is 1. The Balaban J connectivity index is 2.75. The zero-order valence-electron chi connectivity index (χ0n) is 8.94. The predicted molar refractivity (Wildman–Crippen MR) is 57.5 cm³/mol. The number of aliphatic carboxylic acids is 1. The first-order valence-electron chi connectivity index (χ1n) is 4.65. The molecule has 0 aliphatic carbocycles. The molecule has 0 spiro atoms. The summed E-state index contributed by atoms with van der Waals surface area (Å²) < 4.78 is 4.93. The van der Waals surface area contributed by atoms with Gasteiger partial charge in [-0.25, -0.2) is 0 Å². The topological polar surface area (TPSA) is 70.8 Å². The van der Waals surface area contributed by atoms with Crippen LogP contribution in [-0.2, 0) is 4.79 Å². The lowest BCUT2D eigenvalue weighted by atomic mass is 10.2. The molecule has 0 radical (unpaired) electrons. The van der Waals surface area contributed by atoms with Crippen LogP contribution in [-0.4, -0.2) is 35.0 Å². The molecule has 0 aliphatic heterocycles. The van der Waals surface area contributed by atoms with Gasteiger partial charge in [-0.15, -0.1) is 0 Å². The summed E-state index contributed by atoms with van der Waals surface area (Å²) in [7, 11) is 1.51. The first-order chi connectivity index (χ1) is 7.43. The molecule has 0 saturated heterocycles. The van der Waals surface area contributed by atoms with E-state index in [4.69, 9.17) is 21.1 Å². The van der Waals surface area contributed by atoms with E-state index in [0.717, 1.165) is 0 Å². The number of hydrogen-bond donors (Lipinski definition) is 1. The second kappa shape index (κ2) is 5.03. The third-order valence-corrected chi connectivity index (χ3v) is 2.56. The number of hydrogen-bond acceptors (Lipinski definition) is 3. The van der Waals surface area contributed by atoms with Crippen LogP contribution in [0.5, 0.6) is 0 Å². The van der Waals surface area contributed by atoms with E-state index in [1.807, 2.05) is 0 Å². The van der Waals surface area contributed by atoms with Crippen molar-refractivity contribution in [2.24, 2.45) is 0 Å². The van der Waals surface area contributed by atoms with Crippen molar-refractivity contribution in [2.75, 3.05) is 7.05 Å². The van der Waals surface area contributed by atoms with Crippen molar-refractivity contribution in [3.63, 3.8) is 0 Å². The van der Waals surface area contributed by atoms with Gasteiger partial charge < -0.3 is 14.4 Å². The molecular weight excluding hydrogens is 234 g/mol. The van der Waals surface area contributed by atoms with Crippen molar-refractivity contribution in [3.8, 4) is 0 Å². The largest absolute Gasteiger partial charge is 0.481 e. The summed E-state index contributed by atoms with van der Waals surface area (Å²) in [6.07, 6.45) is 1.19. The fourth-order valence-corrected chi connectivity index (χ4v) is 1.37. The molecule has 0 aliphatic rings. The zero-order chi connectivity index (χ0) is 12.3. The van der Waals surface area contributed by atoms with Gasteiger partial charge in [0.15, 0.2) is 0 Å². The number of nitrogens with zero attached hydrogens (tertiary/aromatic N) is 1. The molecule has 0 saturated carbocycles. The maximum absolute atomic E-state index is 11.8. The van der Waals surface area contributed by atoms with Crippen LogP contribution in [0.1, 0.15) is 23.9 Å². The summed E-state index contributed by atoms with van der Waals surface area (Å²) in [4.78, 5) is 23.6. The van der Waals surface area contributed by atoms with Gasteiger partial charge in [-0.2, -0.15) is 0 Å². The first-order valence-corrected chi connectivity index (χ1v) is 5.03. The Kier molecular flexibility index (Phi) is 3.95. The summed E-state index contributed by atoms with van der Waals surface area (Å²) in [5, 5.41) is 8.83. The van der Waals surface area contributed by atoms with Gasteiger partial charge in [-0.1, -0.05) is 11.6 Å². The molecule has 0 aromatic carbocycles. The monoisotopic (exact) mass is 245 g/mol. The van der Waals surface area contributed by atoms with Crippen LogP contribution in [0.15, 0.2) is 16.7 Å². The Labute approximate surface area is 97.6 Å². The van der Waals surface area contributed by atoms with E-state index >= 15 is 0 Å². The maximum atomic E-state index is 11.8. The van der Waals surface area contributed by atoms with Gasteiger partial charge in [-0.3, -0.25) is 9.59 Å². The minimum atomic E-state index is -0.960. The lowest BCUT2D eigenvalue weighted by molar-refractivity contribution is -0.137. The molecule has 88 valence electrons. The number of carboxylic acid groups (broad SMARTS) is 1. The highest BCUT2D eigenvalue weighted by Gasteiger charge is 2.23. The van der Waals surface area contributed by atoms with Crippen LogP contribution in [0.3, 0.4) is 0 Å². The van der Waals surface area contributed by atoms with Crippen molar-refractivity contribution in [2.45, 2.75) is 19.4 Å². The highest BCUT2D eigenvalue weighted by atomic mass is 35.5. The number of carboxylic acids is 1. The van der Waals surface area contributed by atoms with E-state index in [0.29, 0.717) is 0 Å². The van der Waals surface area contributed by atoms with Crippen molar-refractivity contribution in [1.29, 1.82) is 0 Å². The van der Waals surface area contributed by atoms with Gasteiger partial charge in [0.2, 0.25) is 5.76 Å². The van der Waals surface area contributed by atoms with Crippen LogP contribution >= 0.6 is 11.6 Å². The highest BCUT2D eigenvalue weighted by Crippen LogP contribution is 2.19. The number of carbonyl (C=O) groups is 2. The average molecular weight is 246 g/mol. The molecule has 1 unspecified atom stereocenters. The second-order valence-electron chi connectivity index (χ2n) is 3.46. The molecule has 1 amide bonds. The lowest BCUT2D eigenvalue weighted by Gasteiger charge is -2.22. The van der Waals surface area contributed by atoms with Gasteiger partial charge in [-0.05, 0) is 13.0 Å². The summed E-state index contributed by atoms with van der Waals surface area (Å²) in [6.45, 7) is 1.64. The Hall–Kier alpha value is -1.49. The van der Waals surface area contributed by atoms with Gasteiger partial charge in [0, 0.05) is 13.1 Å². The number of carbonyl (C=O) groups excluding carboxylic acids is 1. The summed E-state index contributed by atoms with van der Waals surface area (Å²) in [5.41, 5.74) is 0. The molecule has 1 atom stereocenters. The van der Waals surface area contributed by atoms with Gasteiger partial charge in [0.05, 0.1) is 17.7 Å². The molecule has 6 heteroatoms. The van der Waals surface area contributed by atoms with Gasteiger partial charge in [0.1, 0.15) is 0 Å². The fraction of sp³-hybridized carbons (Fsp3) is 0.400. The normalized spacial score (nSPS) is 12.2. The fourth-order valence-electron chi connectivity index (χ4n) is 1.20. The van der Waals surface area contributed by atoms with E-state index in [2.05, 4.69) is 0 Å². The second-order valence-corrected chi connectivity index (χ2v) is 3.87. The number of rotatable bonds is 4. The minimum absolute atomic E-state index is 0.0291. The Morgan fingerprint density at radius 1 is 1.62 bits per heavy atom. The minimum Gasteiger partial charge on any atom is -0.481 e. The SMILES string of the molecule is CC(CC(=O)O)N(C)C(=O)c1occc1Cl. The smallest absolute Gasteiger partial charge is 0.305 e. The van der Waals surface area contributed by atoms with Crippen molar-refractivity contribution in [3.05, 3.63) is 23.1 Å². The molecule has 1 aromatic heterocycles. The number of furan rings is 1. The van der Waals surface area contributed by atoms with E-state index < -0.39 is 17.9 Å². The quantitative estimate of drug-likeness (QED) is 0.879. The van der Waals surface area contributed by atoms with Crippen molar-refractivity contribution < 1.29 is 19.1 Å². The Morgan fingerprint density at radius 2 is 2.25 bits per heavy atom. The molecule has 0 bridgehead atoms. The predicted octanol–water partition coefficient (Wildman–Crippen LogP) is 1.87. The third-order valence-electron chi connectivity index (χ3n) is 2.26. The number of halogens is 1. The molecule has 0 fully saturated rings. The molecule has 1 heterocycles. The van der Waals surface area contributed by atoms with Crippen LogP contribution in [0.2, 0.25) is 5.02 Å². The highest BCUT2D eigenvalue weighted by molar-refractivity contribution is 6.33. The molecule has 1 aromatic rings. The lowest BCUT2D eigenvalue weighted by Crippen LogP contribution is -2.36. The first kappa shape index (κ1) is 12.6. The standard InChI is InChI=1S/C10H12ClNO4/c1-6(5-8(13)14)12(2)10(15)9-7(11)3-4-16-9/h3-4,6H,5H2,1-2H3,(H,13,14). The van der Waals surface area contributed by atoms with Crippen LogP contribution in [0.4, 0.5) is 0 Å². The molecule has 16 heavy (non-hydrogen) atoms. The van der Waals surface area contributed by atoms with Gasteiger partial charge in [0.25, 0.3) is 5.91 Å². The summed E-state index contributed by atoms with van der Waals surface area (Å²) in [6, 6.07) is 1.04. The summed E-state index contributed by atoms with van der Waals surface area (Å²) >= 11 is 5.73. The van der Waals surface area contributed by atoms with E-state index in [-0.39, 0.29) is 17.2 Å². The molecular formula is C10H12ClNO4.